The third-order valence-corrected chi connectivity index (χ3v) is 4.75. The highest BCUT2D eigenvalue weighted by Gasteiger charge is 2.30. The van der Waals surface area contributed by atoms with Gasteiger partial charge in [-0.05, 0) is 12.8 Å². The molecule has 17 heteroatoms. The van der Waals surface area contributed by atoms with E-state index >= 15 is 0 Å². The van der Waals surface area contributed by atoms with Crippen LogP contribution in [0.25, 0.3) is 0 Å². The molecule has 0 saturated heterocycles. The molecule has 4 unspecified atom stereocenters. The maximum absolute atomic E-state index is 12.9. The largest absolute Gasteiger partial charge is 0.480 e. The highest BCUT2D eigenvalue weighted by Crippen LogP contribution is 2.04. The molecule has 17 nitrogen and oxygen atoms in total. The molecule has 0 saturated carbocycles. The number of imidazole rings is 1. The minimum Gasteiger partial charge on any atom is -0.480 e. The number of aliphatic hydroxyl groups excluding tert-OH is 1. The number of carbonyl (C=O) groups excluding carboxylic acids is 4. The van der Waals surface area contributed by atoms with Gasteiger partial charge in [0.25, 0.3) is 0 Å². The maximum atomic E-state index is 12.9. The quantitative estimate of drug-likeness (QED) is 0.0566. The van der Waals surface area contributed by atoms with Gasteiger partial charge in [0.15, 0.2) is 5.96 Å². The summed E-state index contributed by atoms with van der Waals surface area (Å²) in [6, 6.07) is -5.51. The highest BCUT2D eigenvalue weighted by molar-refractivity contribution is 5.95. The van der Waals surface area contributed by atoms with E-state index < -0.39 is 66.8 Å². The fourth-order valence-electron chi connectivity index (χ4n) is 2.91. The average Bonchev–Trinajstić information content (AvgIpc) is 3.30. The summed E-state index contributed by atoms with van der Waals surface area (Å²) in [4.78, 5) is 70.6. The summed E-state index contributed by atoms with van der Waals surface area (Å²) < 4.78 is 0. The van der Waals surface area contributed by atoms with Crippen molar-refractivity contribution >= 4 is 35.6 Å². The van der Waals surface area contributed by atoms with Gasteiger partial charge in [0.05, 0.1) is 25.4 Å². The number of carboxylic acids is 1. The summed E-state index contributed by atoms with van der Waals surface area (Å²) in [6.45, 7) is -0.714. The van der Waals surface area contributed by atoms with Gasteiger partial charge >= 0.3 is 5.97 Å². The monoisotopic (exact) mass is 512 g/mol. The number of guanidine groups is 1. The van der Waals surface area contributed by atoms with Crippen molar-refractivity contribution in [3.8, 4) is 0 Å². The van der Waals surface area contributed by atoms with Crippen molar-refractivity contribution in [3.05, 3.63) is 18.2 Å². The minimum absolute atomic E-state index is 0.00431. The number of aliphatic carboxylic acids is 1. The Balaban J connectivity index is 2.93. The Morgan fingerprint density at radius 1 is 1.00 bits per heavy atom. The molecular weight excluding hydrogens is 480 g/mol. The summed E-state index contributed by atoms with van der Waals surface area (Å²) in [6.07, 6.45) is 2.37. The van der Waals surface area contributed by atoms with Crippen molar-refractivity contribution in [2.24, 2.45) is 27.9 Å². The number of aromatic amines is 1. The summed E-state index contributed by atoms with van der Waals surface area (Å²) in [5.74, 6) is -5.05. The van der Waals surface area contributed by atoms with Gasteiger partial charge in [0.1, 0.15) is 18.1 Å². The van der Waals surface area contributed by atoms with Crippen LogP contribution in [0.5, 0.6) is 0 Å². The third kappa shape index (κ3) is 10.8. The van der Waals surface area contributed by atoms with Crippen molar-refractivity contribution in [2.45, 2.75) is 49.9 Å². The molecule has 0 radical (unpaired) electrons. The topological polar surface area (TPSA) is 307 Å². The molecule has 1 aromatic heterocycles. The van der Waals surface area contributed by atoms with Crippen molar-refractivity contribution in [1.82, 2.24) is 25.9 Å². The van der Waals surface area contributed by atoms with E-state index in [0.717, 1.165) is 0 Å². The number of aliphatic imine (C=N–C) groups is 1. The van der Waals surface area contributed by atoms with Gasteiger partial charge in [0, 0.05) is 24.9 Å². The second kappa shape index (κ2) is 14.9. The molecule has 14 N–H and O–H groups in total. The Morgan fingerprint density at radius 3 is 2.14 bits per heavy atom. The molecule has 1 aromatic rings. The normalized spacial score (nSPS) is 13.9. The van der Waals surface area contributed by atoms with Gasteiger partial charge in [-0.2, -0.15) is 0 Å². The summed E-state index contributed by atoms with van der Waals surface area (Å²) >= 11 is 0. The van der Waals surface area contributed by atoms with Gasteiger partial charge in [-0.25, -0.2) is 9.78 Å². The second-order valence-corrected chi connectivity index (χ2v) is 7.71. The van der Waals surface area contributed by atoms with E-state index in [2.05, 4.69) is 30.9 Å². The Bertz CT molecular complexity index is 933. The SMILES string of the molecule is NC(=O)CC(N)C(=O)NC(CO)C(=O)NC(Cc1cnc[nH]1)C(=O)NC(CCCN=C(N)N)C(=O)O. The molecule has 0 bridgehead atoms. The van der Waals surface area contributed by atoms with E-state index in [-0.39, 0.29) is 31.8 Å². The number of carboxylic acid groups (broad SMARTS) is 1. The van der Waals surface area contributed by atoms with Gasteiger partial charge in [-0.15, -0.1) is 0 Å². The zero-order valence-corrected chi connectivity index (χ0v) is 19.3. The van der Waals surface area contributed by atoms with Gasteiger partial charge < -0.3 is 54.1 Å². The number of rotatable bonds is 16. The van der Waals surface area contributed by atoms with E-state index in [1.54, 1.807) is 0 Å². The van der Waals surface area contributed by atoms with Crippen molar-refractivity contribution in [1.29, 1.82) is 0 Å². The predicted octanol–water partition coefficient (Wildman–Crippen LogP) is -5.26. The number of carbonyl (C=O) groups is 5. The predicted molar refractivity (Wildman–Crippen MR) is 125 cm³/mol. The molecule has 0 fully saturated rings. The number of nitrogens with two attached hydrogens (primary N) is 4. The first-order chi connectivity index (χ1) is 16.9. The van der Waals surface area contributed by atoms with Crippen LogP contribution >= 0.6 is 0 Å². The van der Waals surface area contributed by atoms with Crippen LogP contribution < -0.4 is 38.9 Å². The first kappa shape index (κ1) is 29.8. The fraction of sp³-hybridized carbons (Fsp3) is 0.526. The number of H-pyrrole nitrogens is 1. The van der Waals surface area contributed by atoms with Crippen LogP contribution in [0.2, 0.25) is 0 Å². The smallest absolute Gasteiger partial charge is 0.326 e. The van der Waals surface area contributed by atoms with E-state index in [0.29, 0.717) is 5.69 Å². The molecule has 0 spiro atoms. The second-order valence-electron chi connectivity index (χ2n) is 7.71. The highest BCUT2D eigenvalue weighted by atomic mass is 16.4. The number of amides is 4. The molecule has 0 aliphatic carbocycles. The first-order valence-corrected chi connectivity index (χ1v) is 10.8. The van der Waals surface area contributed by atoms with Crippen LogP contribution in [-0.2, 0) is 30.4 Å². The van der Waals surface area contributed by atoms with Crippen LogP contribution in [0.3, 0.4) is 0 Å². The van der Waals surface area contributed by atoms with Crippen molar-refractivity contribution in [3.63, 3.8) is 0 Å². The van der Waals surface area contributed by atoms with Crippen LogP contribution in [-0.4, -0.2) is 93.1 Å². The molecule has 0 aliphatic rings. The average molecular weight is 513 g/mol. The molecular formula is C19H32N10O7. The van der Waals surface area contributed by atoms with Gasteiger partial charge in [-0.1, -0.05) is 0 Å². The Labute approximate surface area is 205 Å². The molecule has 0 aromatic carbocycles. The lowest BCUT2D eigenvalue weighted by Crippen LogP contribution is -2.58. The summed E-state index contributed by atoms with van der Waals surface area (Å²) in [7, 11) is 0. The van der Waals surface area contributed by atoms with Crippen LogP contribution in [0.15, 0.2) is 17.5 Å². The number of nitrogens with one attached hydrogen (secondary N) is 4. The van der Waals surface area contributed by atoms with E-state index in [1.165, 1.54) is 12.5 Å². The molecule has 0 aliphatic heterocycles. The number of aromatic nitrogens is 2. The summed E-state index contributed by atoms with van der Waals surface area (Å²) in [5, 5.41) is 25.9. The molecule has 4 amide bonds. The fourth-order valence-corrected chi connectivity index (χ4v) is 2.91. The Morgan fingerprint density at radius 2 is 1.61 bits per heavy atom. The molecule has 1 rings (SSSR count). The number of hydrogen-bond acceptors (Lipinski definition) is 9. The number of aliphatic hydroxyl groups is 1. The van der Waals surface area contributed by atoms with E-state index in [9.17, 15) is 34.2 Å². The third-order valence-electron chi connectivity index (χ3n) is 4.75. The Kier molecular flexibility index (Phi) is 12.3. The zero-order chi connectivity index (χ0) is 27.3. The van der Waals surface area contributed by atoms with E-state index in [4.69, 9.17) is 22.9 Å². The lowest BCUT2D eigenvalue weighted by molar-refractivity contribution is -0.142. The van der Waals surface area contributed by atoms with Crippen LogP contribution in [0.4, 0.5) is 0 Å². The van der Waals surface area contributed by atoms with Crippen molar-refractivity contribution in [2.75, 3.05) is 13.2 Å². The van der Waals surface area contributed by atoms with Crippen molar-refractivity contribution < 1.29 is 34.2 Å². The van der Waals surface area contributed by atoms with Gasteiger partial charge in [0.2, 0.25) is 23.6 Å². The maximum Gasteiger partial charge on any atom is 0.326 e. The minimum atomic E-state index is -1.52. The Hall–Kier alpha value is -4.25. The number of nitrogens with zero attached hydrogens (tertiary/aromatic N) is 2. The molecule has 36 heavy (non-hydrogen) atoms. The standard InChI is InChI=1S/C19H32N10O7/c20-10(5-14(21)31)15(32)29-13(7-30)17(34)28-12(4-9-6-24-8-26-9)16(33)27-11(18(35)36)2-1-3-25-19(22)23/h6,8,10-13,30H,1-5,7,20H2,(H2,21,31)(H,24,26)(H,27,33)(H,28,34)(H,29,32)(H,35,36)(H4,22,23,25). The molecule has 4 atom stereocenters. The zero-order valence-electron chi connectivity index (χ0n) is 19.3. The molecule has 1 heterocycles. The lowest BCUT2D eigenvalue weighted by Gasteiger charge is -2.24. The number of primary amides is 1. The molecule has 200 valence electrons. The van der Waals surface area contributed by atoms with Crippen LogP contribution in [0, 0.1) is 0 Å². The summed E-state index contributed by atoms with van der Waals surface area (Å²) in [5.41, 5.74) is 21.4. The lowest BCUT2D eigenvalue weighted by atomic mass is 10.1. The van der Waals surface area contributed by atoms with Crippen LogP contribution in [0.1, 0.15) is 25.0 Å². The first-order valence-electron chi connectivity index (χ1n) is 10.8. The van der Waals surface area contributed by atoms with Gasteiger partial charge in [-0.3, -0.25) is 24.2 Å². The number of hydrogen-bond donors (Lipinski definition) is 10. The van der Waals surface area contributed by atoms with E-state index in [1.807, 2.05) is 0 Å².